The molecule has 0 aliphatic heterocycles. The summed E-state index contributed by atoms with van der Waals surface area (Å²) in [6.45, 7) is 20.1. The van der Waals surface area contributed by atoms with Crippen LogP contribution in [-0.2, 0) is 30.3 Å². The fraction of sp³-hybridized carbons (Fsp3) is 0.457. The van der Waals surface area contributed by atoms with Gasteiger partial charge < -0.3 is 5.11 Å². The van der Waals surface area contributed by atoms with E-state index in [9.17, 15) is 9.90 Å². The van der Waals surface area contributed by atoms with E-state index in [1.807, 2.05) is 39.0 Å². The molecule has 1 radical (unpaired) electrons. The fourth-order valence-corrected chi connectivity index (χ4v) is 9.76. The number of aliphatic hydroxyl groups excluding tert-OH is 1. The van der Waals surface area contributed by atoms with Gasteiger partial charge in [-0.2, -0.15) is 0 Å². The van der Waals surface area contributed by atoms with E-state index in [1.165, 1.54) is 28.0 Å². The summed E-state index contributed by atoms with van der Waals surface area (Å²) in [5.74, 6) is 0.547. The maximum Gasteiger partial charge on any atom is 0.162 e. The minimum absolute atomic E-state index is 0. The van der Waals surface area contributed by atoms with Crippen molar-refractivity contribution in [2.45, 2.75) is 92.3 Å². The van der Waals surface area contributed by atoms with Crippen LogP contribution in [-0.4, -0.2) is 28.9 Å². The monoisotopic (exact) mass is 778 g/mol. The van der Waals surface area contributed by atoms with Crippen LogP contribution in [0.5, 0.6) is 0 Å². The maximum atomic E-state index is 11.7. The Balaban J connectivity index is 0.000000263. The molecule has 2 heterocycles. The van der Waals surface area contributed by atoms with Crippen LogP contribution in [0.3, 0.4) is 0 Å². The molecule has 227 valence electrons. The first-order chi connectivity index (χ1) is 19.4. The molecule has 1 aliphatic rings. The van der Waals surface area contributed by atoms with Crippen molar-refractivity contribution in [3.05, 3.63) is 65.7 Å². The van der Waals surface area contributed by atoms with Crippen LogP contribution in [0.2, 0.25) is 19.6 Å². The molecule has 4 aromatic rings. The molecule has 2 aromatic carbocycles. The van der Waals surface area contributed by atoms with Gasteiger partial charge in [0.25, 0.3) is 0 Å². The topological polar surface area (TPSA) is 63.1 Å². The molecule has 0 spiro atoms. The number of benzene rings is 2. The minimum atomic E-state index is -1.49. The van der Waals surface area contributed by atoms with E-state index in [0.29, 0.717) is 0 Å². The Morgan fingerprint density at radius 1 is 1.02 bits per heavy atom. The van der Waals surface area contributed by atoms with Crippen molar-refractivity contribution < 1.29 is 30.0 Å². The van der Waals surface area contributed by atoms with Gasteiger partial charge >= 0.3 is 0 Å². The molecule has 0 fully saturated rings. The molecule has 0 saturated carbocycles. The Morgan fingerprint density at radius 3 is 2.24 bits per heavy atom. The first-order valence-corrected chi connectivity index (χ1v) is 19.4. The summed E-state index contributed by atoms with van der Waals surface area (Å²) in [4.78, 5) is 22.2. The normalized spacial score (nSPS) is 14.0. The van der Waals surface area contributed by atoms with E-state index in [-0.39, 0.29) is 48.9 Å². The second kappa shape index (κ2) is 13.6. The van der Waals surface area contributed by atoms with E-state index in [4.69, 9.17) is 4.98 Å². The van der Waals surface area contributed by atoms with Gasteiger partial charge in [0.15, 0.2) is 5.78 Å². The number of nitrogens with zero attached hydrogens (tertiary/aromatic N) is 2. The third kappa shape index (κ3) is 6.50. The predicted octanol–water partition coefficient (Wildman–Crippen LogP) is 9.36. The van der Waals surface area contributed by atoms with Gasteiger partial charge in [0, 0.05) is 49.1 Å². The van der Waals surface area contributed by atoms with Crippen molar-refractivity contribution >= 4 is 50.7 Å². The molecule has 7 heteroatoms. The summed E-state index contributed by atoms with van der Waals surface area (Å²) in [6.07, 6.45) is 6.63. The second-order valence-corrected chi connectivity index (χ2v) is 19.1. The molecule has 1 N–H and O–H groups in total. The molecule has 1 aliphatic carbocycles. The number of carbonyl (C=O) groups excluding carboxylic acids is 1. The first-order valence-electron chi connectivity index (χ1n) is 15.1. The Bertz CT molecular complexity index is 1590. The Kier molecular flexibility index (Phi) is 11.1. The second-order valence-electron chi connectivity index (χ2n) is 12.7. The van der Waals surface area contributed by atoms with E-state index >= 15 is 0 Å². The third-order valence-corrected chi connectivity index (χ3v) is 13.2. The van der Waals surface area contributed by atoms with E-state index in [2.05, 4.69) is 74.9 Å². The molecule has 5 rings (SSSR count). The molecule has 0 atom stereocenters. The number of hydrogen-bond donors (Lipinski definition) is 1. The Labute approximate surface area is 270 Å². The first kappa shape index (κ1) is 34.3. The number of fused-ring (bicyclic) bond motifs is 3. The van der Waals surface area contributed by atoms with Crippen molar-refractivity contribution in [3.8, 4) is 11.3 Å². The Hall–Kier alpha value is -2.18. The molecule has 0 bridgehead atoms. The summed E-state index contributed by atoms with van der Waals surface area (Å²) in [5.41, 5.74) is 4.94. The zero-order valence-corrected chi connectivity index (χ0v) is 30.7. The maximum absolute atomic E-state index is 11.7. The van der Waals surface area contributed by atoms with Crippen LogP contribution in [0.25, 0.3) is 32.2 Å². The standard InChI is InChI=1S/C22H21N2SSi.C13H24O2.Ir/c1-22(2)16-11-14-9-7-6-8-13(14)10-15(16)19-17-18(22)21(26(3,4)5)25-20(17)24-12-23-19;1-5-10(6-2)12(14)9-13(15)11(7-3)8-4;/h6-9,11-12H,1-5H3;9-11,14H,5-8H2,1-4H3;/q-1;;/b;12-9-;. The van der Waals surface area contributed by atoms with Gasteiger partial charge in [0.1, 0.15) is 11.2 Å². The Morgan fingerprint density at radius 2 is 1.64 bits per heavy atom. The van der Waals surface area contributed by atoms with Gasteiger partial charge in [-0.3, -0.25) is 9.78 Å². The van der Waals surface area contributed by atoms with Crippen LogP contribution >= 0.6 is 11.3 Å². The van der Waals surface area contributed by atoms with Crippen molar-refractivity contribution in [2.24, 2.45) is 11.8 Å². The van der Waals surface area contributed by atoms with Gasteiger partial charge in [-0.25, -0.2) is 4.98 Å². The average molecular weight is 778 g/mol. The molecule has 0 saturated heterocycles. The summed E-state index contributed by atoms with van der Waals surface area (Å²) < 4.78 is 1.55. The molecule has 0 unspecified atom stereocenters. The van der Waals surface area contributed by atoms with E-state index in [0.717, 1.165) is 47.2 Å². The number of rotatable bonds is 8. The van der Waals surface area contributed by atoms with Crippen LogP contribution in [0.4, 0.5) is 0 Å². The molecule has 42 heavy (non-hydrogen) atoms. The van der Waals surface area contributed by atoms with Crippen molar-refractivity contribution in [2.75, 3.05) is 0 Å². The summed E-state index contributed by atoms with van der Waals surface area (Å²) in [6, 6.07) is 14.5. The number of carbonyl (C=O) groups is 1. The van der Waals surface area contributed by atoms with Crippen LogP contribution in [0.1, 0.15) is 78.4 Å². The van der Waals surface area contributed by atoms with Gasteiger partial charge in [0.05, 0.1) is 13.8 Å². The van der Waals surface area contributed by atoms with Crippen LogP contribution < -0.4 is 4.50 Å². The number of ketones is 1. The average Bonchev–Trinajstić information content (AvgIpc) is 3.35. The van der Waals surface area contributed by atoms with Gasteiger partial charge in [-0.1, -0.05) is 95.9 Å². The quantitative estimate of drug-likeness (QED) is 0.0839. The summed E-state index contributed by atoms with van der Waals surface area (Å²) in [7, 11) is -1.49. The zero-order chi connectivity index (χ0) is 30.1. The number of hydrogen-bond acceptors (Lipinski definition) is 5. The minimum Gasteiger partial charge on any atom is -0.512 e. The molecule has 2 aromatic heterocycles. The smallest absolute Gasteiger partial charge is 0.162 e. The number of allylic oxidation sites excluding steroid dienone is 2. The molecule has 0 amide bonds. The largest absolute Gasteiger partial charge is 0.512 e. The molecular weight excluding hydrogens is 733 g/mol. The van der Waals surface area contributed by atoms with Gasteiger partial charge in [0.2, 0.25) is 0 Å². The van der Waals surface area contributed by atoms with Crippen molar-refractivity contribution in [1.82, 2.24) is 9.97 Å². The van der Waals surface area contributed by atoms with Crippen LogP contribution in [0.15, 0.2) is 48.5 Å². The molecule has 4 nitrogen and oxygen atoms in total. The number of thiophene rings is 1. The van der Waals surface area contributed by atoms with Crippen molar-refractivity contribution in [1.29, 1.82) is 0 Å². The van der Waals surface area contributed by atoms with E-state index < -0.39 is 8.07 Å². The predicted molar refractivity (Wildman–Crippen MR) is 178 cm³/mol. The number of aliphatic hydroxyl groups is 1. The third-order valence-electron chi connectivity index (χ3n) is 8.58. The summed E-state index contributed by atoms with van der Waals surface area (Å²) >= 11 is 1.88. The van der Waals surface area contributed by atoms with Gasteiger partial charge in [-0.15, -0.1) is 34.9 Å². The van der Waals surface area contributed by atoms with Crippen LogP contribution in [0, 0.1) is 17.9 Å². The zero-order valence-electron chi connectivity index (χ0n) is 26.5. The summed E-state index contributed by atoms with van der Waals surface area (Å²) in [5, 5.41) is 13.4. The molecular formula is C35H45IrN2O2SSi-. The number of aromatic nitrogens is 2. The van der Waals surface area contributed by atoms with Gasteiger partial charge in [-0.05, 0) is 41.2 Å². The van der Waals surface area contributed by atoms with Crippen molar-refractivity contribution in [3.63, 3.8) is 0 Å². The SMILES string of the molecule is CC1(C)c2cc3ccccc3[c-]c2-c2ncnc3sc([Si](C)(C)C)c1c23.CCC(CC)C(=O)/C=C(\O)C(CC)CC.[Ir]. The van der Waals surface area contributed by atoms with E-state index in [1.54, 1.807) is 10.8 Å². The fourth-order valence-electron chi connectivity index (χ4n) is 6.01.